The van der Waals surface area contributed by atoms with Gasteiger partial charge in [0, 0.05) is 0 Å². The van der Waals surface area contributed by atoms with Crippen molar-refractivity contribution in [3.05, 3.63) is 29.8 Å². The average molecular weight is 466 g/mol. The van der Waals surface area contributed by atoms with Crippen LogP contribution in [-0.4, -0.2) is 57.7 Å². The Kier molecular flexibility index (Phi) is 9.80. The van der Waals surface area contributed by atoms with E-state index in [1.54, 1.807) is 39.8 Å². The molecule has 33 heavy (non-hydrogen) atoms. The maximum atomic E-state index is 12.9. The molecule has 4 atom stereocenters. The SMILES string of the molecule is CC(C)[C@@H](NC(=O)[C@H](N)Cc1ccc(O)cc1)C(=O)N[C@@H](C(=O)N[C@@](C)(N)C(=O)O)C(C)C. The Morgan fingerprint density at radius 2 is 1.36 bits per heavy atom. The third kappa shape index (κ3) is 8.35. The summed E-state index contributed by atoms with van der Waals surface area (Å²) in [6.45, 7) is 7.92. The molecule has 1 aromatic carbocycles. The number of carboxylic acids is 1. The Balaban J connectivity index is 2.88. The molecule has 0 saturated heterocycles. The fourth-order valence-electron chi connectivity index (χ4n) is 2.94. The van der Waals surface area contributed by atoms with Gasteiger partial charge in [-0.15, -0.1) is 0 Å². The first-order valence-electron chi connectivity index (χ1n) is 10.6. The van der Waals surface area contributed by atoms with E-state index in [9.17, 15) is 24.3 Å². The van der Waals surface area contributed by atoms with E-state index >= 15 is 0 Å². The van der Waals surface area contributed by atoms with Gasteiger partial charge in [-0.1, -0.05) is 39.8 Å². The van der Waals surface area contributed by atoms with Crippen molar-refractivity contribution in [1.29, 1.82) is 0 Å². The molecule has 0 aliphatic rings. The standard InChI is InChI=1S/C22H35N5O6/c1-11(2)16(25-18(29)15(23)10-13-6-8-14(28)9-7-13)19(30)26-17(12(3)4)20(31)27-22(5,24)21(32)33/h6-9,11-12,15-17,28H,10,23-24H2,1-5H3,(H,25,29)(H,26,30)(H,27,31)(H,32,33)/t15-,16-,17-,22-/m1/s1. The van der Waals surface area contributed by atoms with Crippen LogP contribution in [0.3, 0.4) is 0 Å². The van der Waals surface area contributed by atoms with Crippen LogP contribution < -0.4 is 27.4 Å². The summed E-state index contributed by atoms with van der Waals surface area (Å²) >= 11 is 0. The minimum Gasteiger partial charge on any atom is -0.508 e. The largest absolute Gasteiger partial charge is 0.508 e. The first-order chi connectivity index (χ1) is 15.2. The van der Waals surface area contributed by atoms with Gasteiger partial charge < -0.3 is 31.9 Å². The van der Waals surface area contributed by atoms with E-state index in [1.807, 2.05) is 0 Å². The molecular formula is C22H35N5O6. The van der Waals surface area contributed by atoms with Crippen molar-refractivity contribution in [2.75, 3.05) is 0 Å². The Labute approximate surface area is 193 Å². The Morgan fingerprint density at radius 3 is 1.82 bits per heavy atom. The first-order valence-corrected chi connectivity index (χ1v) is 10.6. The van der Waals surface area contributed by atoms with Gasteiger partial charge in [-0.3, -0.25) is 20.1 Å². The molecule has 0 bridgehead atoms. The number of aliphatic carboxylic acids is 1. The molecule has 1 aromatic rings. The van der Waals surface area contributed by atoms with Crippen LogP contribution in [0.25, 0.3) is 0 Å². The zero-order valence-electron chi connectivity index (χ0n) is 19.6. The number of phenolic OH excluding ortho intramolecular Hbond substituents is 1. The van der Waals surface area contributed by atoms with E-state index in [-0.39, 0.29) is 24.0 Å². The van der Waals surface area contributed by atoms with Crippen molar-refractivity contribution >= 4 is 23.7 Å². The number of hydrogen-bond donors (Lipinski definition) is 7. The molecule has 1 rings (SSSR count). The van der Waals surface area contributed by atoms with Crippen molar-refractivity contribution in [3.63, 3.8) is 0 Å². The monoisotopic (exact) mass is 465 g/mol. The number of carbonyl (C=O) groups excluding carboxylic acids is 3. The third-order valence-corrected chi connectivity index (χ3v) is 5.05. The highest BCUT2D eigenvalue weighted by atomic mass is 16.4. The molecule has 184 valence electrons. The van der Waals surface area contributed by atoms with Crippen LogP contribution in [0.5, 0.6) is 5.75 Å². The second-order valence-corrected chi connectivity index (χ2v) is 8.93. The number of carboxylic acid groups (broad SMARTS) is 1. The second kappa shape index (κ2) is 11.6. The van der Waals surface area contributed by atoms with Gasteiger partial charge >= 0.3 is 5.97 Å². The van der Waals surface area contributed by atoms with Gasteiger partial charge in [0.2, 0.25) is 17.7 Å². The summed E-state index contributed by atoms with van der Waals surface area (Å²) in [4.78, 5) is 49.4. The third-order valence-electron chi connectivity index (χ3n) is 5.05. The lowest BCUT2D eigenvalue weighted by Crippen LogP contribution is -2.65. The van der Waals surface area contributed by atoms with Crippen molar-refractivity contribution < 1.29 is 29.4 Å². The molecule has 0 unspecified atom stereocenters. The predicted octanol–water partition coefficient (Wildman–Crippen LogP) is -0.581. The lowest BCUT2D eigenvalue weighted by molar-refractivity contribution is -0.147. The molecule has 0 saturated carbocycles. The molecule has 0 aliphatic carbocycles. The number of hydrogen-bond acceptors (Lipinski definition) is 7. The van der Waals surface area contributed by atoms with Crippen molar-refractivity contribution in [2.24, 2.45) is 23.3 Å². The quantitative estimate of drug-likeness (QED) is 0.211. The number of phenols is 1. The molecule has 3 amide bonds. The van der Waals surface area contributed by atoms with Crippen molar-refractivity contribution in [1.82, 2.24) is 16.0 Å². The van der Waals surface area contributed by atoms with Gasteiger partial charge in [0.25, 0.3) is 0 Å². The van der Waals surface area contributed by atoms with Gasteiger partial charge in [0.05, 0.1) is 6.04 Å². The first kappa shape index (κ1) is 27.9. The summed E-state index contributed by atoms with van der Waals surface area (Å²) in [6, 6.07) is 3.24. The van der Waals surface area contributed by atoms with Crippen LogP contribution >= 0.6 is 0 Å². The molecule has 0 fully saturated rings. The van der Waals surface area contributed by atoms with Crippen LogP contribution in [0.1, 0.15) is 40.2 Å². The summed E-state index contributed by atoms with van der Waals surface area (Å²) in [5, 5.41) is 25.9. The number of amides is 3. The van der Waals surface area contributed by atoms with Crippen LogP contribution in [0.15, 0.2) is 24.3 Å². The molecule has 0 radical (unpaired) electrons. The maximum Gasteiger partial charge on any atom is 0.344 e. The average Bonchev–Trinajstić information content (AvgIpc) is 2.70. The van der Waals surface area contributed by atoms with E-state index in [1.165, 1.54) is 12.1 Å². The molecule has 11 heteroatoms. The number of nitrogens with two attached hydrogens (primary N) is 2. The Bertz CT molecular complexity index is 853. The topological polar surface area (TPSA) is 197 Å². The van der Waals surface area contributed by atoms with Crippen LogP contribution in [-0.2, 0) is 25.6 Å². The summed E-state index contributed by atoms with van der Waals surface area (Å²) in [5.74, 6) is -3.98. The van der Waals surface area contributed by atoms with Crippen LogP contribution in [0.2, 0.25) is 0 Å². The zero-order valence-corrected chi connectivity index (χ0v) is 19.6. The van der Waals surface area contributed by atoms with Crippen molar-refractivity contribution in [2.45, 2.75) is 64.8 Å². The highest BCUT2D eigenvalue weighted by Crippen LogP contribution is 2.12. The second-order valence-electron chi connectivity index (χ2n) is 8.93. The van der Waals surface area contributed by atoms with Gasteiger partial charge in [-0.05, 0) is 42.9 Å². The number of benzene rings is 1. The minimum absolute atomic E-state index is 0.0929. The molecule has 0 spiro atoms. The maximum absolute atomic E-state index is 12.9. The lowest BCUT2D eigenvalue weighted by Gasteiger charge is -2.30. The van der Waals surface area contributed by atoms with Crippen molar-refractivity contribution in [3.8, 4) is 5.75 Å². The number of carbonyl (C=O) groups is 4. The van der Waals surface area contributed by atoms with Gasteiger partial charge in [-0.25, -0.2) is 4.79 Å². The highest BCUT2D eigenvalue weighted by molar-refractivity contribution is 5.94. The summed E-state index contributed by atoms with van der Waals surface area (Å²) in [6.07, 6.45) is 0.194. The minimum atomic E-state index is -2.01. The predicted molar refractivity (Wildman–Crippen MR) is 122 cm³/mol. The summed E-state index contributed by atoms with van der Waals surface area (Å²) in [5.41, 5.74) is 10.3. The van der Waals surface area contributed by atoms with Gasteiger partial charge in [-0.2, -0.15) is 0 Å². The fourth-order valence-corrected chi connectivity index (χ4v) is 2.94. The van der Waals surface area contributed by atoms with E-state index < -0.39 is 47.5 Å². The molecule has 0 aliphatic heterocycles. The van der Waals surface area contributed by atoms with Crippen LogP contribution in [0, 0.1) is 11.8 Å². The zero-order chi connectivity index (χ0) is 25.5. The lowest BCUT2D eigenvalue weighted by atomic mass is 9.98. The van der Waals surface area contributed by atoms with E-state index in [4.69, 9.17) is 16.6 Å². The smallest absolute Gasteiger partial charge is 0.344 e. The molecule has 0 heterocycles. The van der Waals surface area contributed by atoms with E-state index in [2.05, 4.69) is 16.0 Å². The number of nitrogens with one attached hydrogen (secondary N) is 3. The Morgan fingerprint density at radius 1 is 0.909 bits per heavy atom. The Hall–Kier alpha value is -3.18. The number of rotatable bonds is 11. The summed E-state index contributed by atoms with van der Waals surface area (Å²) < 4.78 is 0. The number of aromatic hydroxyl groups is 1. The van der Waals surface area contributed by atoms with Gasteiger partial charge in [0.15, 0.2) is 5.66 Å². The molecule has 0 aromatic heterocycles. The van der Waals surface area contributed by atoms with Crippen LogP contribution in [0.4, 0.5) is 0 Å². The molecule has 9 N–H and O–H groups in total. The highest BCUT2D eigenvalue weighted by Gasteiger charge is 2.36. The normalized spacial score (nSPS) is 15.8. The van der Waals surface area contributed by atoms with Gasteiger partial charge in [0.1, 0.15) is 17.8 Å². The van der Waals surface area contributed by atoms with E-state index in [0.717, 1.165) is 12.5 Å². The van der Waals surface area contributed by atoms with E-state index in [0.29, 0.717) is 0 Å². The fraction of sp³-hybridized carbons (Fsp3) is 0.545. The molecule has 11 nitrogen and oxygen atoms in total. The molecular weight excluding hydrogens is 430 g/mol. The summed E-state index contributed by atoms with van der Waals surface area (Å²) in [7, 11) is 0.